The number of thiocarbonyl (C=S) groups is 1. The molecule has 2 N–H and O–H groups in total. The summed E-state index contributed by atoms with van der Waals surface area (Å²) in [4.78, 5) is 0.832. The Labute approximate surface area is 129 Å². The van der Waals surface area contributed by atoms with Gasteiger partial charge >= 0.3 is 6.18 Å². The van der Waals surface area contributed by atoms with Gasteiger partial charge < -0.3 is 10.5 Å². The molecule has 0 aliphatic rings. The lowest BCUT2D eigenvalue weighted by molar-refractivity contribution is -0.137. The monoisotopic (exact) mass is 331 g/mol. The van der Waals surface area contributed by atoms with Crippen LogP contribution in [0.15, 0.2) is 35.7 Å². The fourth-order valence-electron chi connectivity index (χ4n) is 1.79. The lowest BCUT2D eigenvalue weighted by atomic mass is 10.1. The van der Waals surface area contributed by atoms with Gasteiger partial charge in [0, 0.05) is 16.9 Å². The maximum absolute atomic E-state index is 13.0. The predicted octanol–water partition coefficient (Wildman–Crippen LogP) is 4.02. The first-order valence-electron chi connectivity index (χ1n) is 6.04. The molecular formula is C14H12F3NOS2. The molecule has 0 fully saturated rings. The third-order valence-electron chi connectivity index (χ3n) is 2.76. The summed E-state index contributed by atoms with van der Waals surface area (Å²) in [5.41, 5.74) is 4.25. The Morgan fingerprint density at radius 1 is 1.29 bits per heavy atom. The summed E-state index contributed by atoms with van der Waals surface area (Å²) in [5, 5.41) is 1.94. The van der Waals surface area contributed by atoms with Crippen LogP contribution in [0.5, 0.6) is 5.75 Å². The SMILES string of the molecule is NC(=S)c1ccc(OCCc2cccs2)cc1C(F)(F)F. The minimum atomic E-state index is -4.52. The quantitative estimate of drug-likeness (QED) is 0.841. The fraction of sp³-hybridized carbons (Fsp3) is 0.214. The van der Waals surface area contributed by atoms with E-state index in [9.17, 15) is 13.2 Å². The van der Waals surface area contributed by atoms with E-state index in [0.29, 0.717) is 13.0 Å². The van der Waals surface area contributed by atoms with Crippen LogP contribution in [0.3, 0.4) is 0 Å². The van der Waals surface area contributed by atoms with Crippen LogP contribution in [-0.4, -0.2) is 11.6 Å². The molecular weight excluding hydrogens is 319 g/mol. The van der Waals surface area contributed by atoms with E-state index in [4.69, 9.17) is 10.5 Å². The number of alkyl halides is 3. The molecule has 0 bridgehead atoms. The Balaban J connectivity index is 2.12. The number of thiophene rings is 1. The number of halogens is 3. The van der Waals surface area contributed by atoms with Crippen molar-refractivity contribution in [2.24, 2.45) is 5.73 Å². The molecule has 0 radical (unpaired) electrons. The van der Waals surface area contributed by atoms with E-state index in [1.54, 1.807) is 11.3 Å². The second-order valence-electron chi connectivity index (χ2n) is 4.25. The summed E-state index contributed by atoms with van der Waals surface area (Å²) in [6, 6.07) is 7.48. The Bertz CT molecular complexity index is 624. The largest absolute Gasteiger partial charge is 0.493 e. The van der Waals surface area contributed by atoms with Gasteiger partial charge in [-0.25, -0.2) is 0 Å². The molecule has 1 aromatic heterocycles. The van der Waals surface area contributed by atoms with Crippen LogP contribution in [-0.2, 0) is 12.6 Å². The molecule has 112 valence electrons. The number of hydrogen-bond donors (Lipinski definition) is 1. The van der Waals surface area contributed by atoms with Crippen molar-refractivity contribution in [3.63, 3.8) is 0 Å². The van der Waals surface area contributed by atoms with Gasteiger partial charge in [-0.05, 0) is 29.6 Å². The zero-order chi connectivity index (χ0) is 15.5. The van der Waals surface area contributed by atoms with Crippen molar-refractivity contribution in [2.75, 3.05) is 6.61 Å². The first kappa shape index (κ1) is 15.8. The fourth-order valence-corrected chi connectivity index (χ4v) is 2.66. The maximum Gasteiger partial charge on any atom is 0.417 e. The van der Waals surface area contributed by atoms with Gasteiger partial charge in [0.15, 0.2) is 0 Å². The molecule has 21 heavy (non-hydrogen) atoms. The van der Waals surface area contributed by atoms with Crippen molar-refractivity contribution in [2.45, 2.75) is 12.6 Å². The number of hydrogen-bond acceptors (Lipinski definition) is 3. The summed E-state index contributed by atoms with van der Waals surface area (Å²) >= 11 is 6.22. The molecule has 0 spiro atoms. The Kier molecular flexibility index (Phi) is 4.84. The number of benzene rings is 1. The molecule has 2 rings (SSSR count). The van der Waals surface area contributed by atoms with Crippen LogP contribution in [0, 0.1) is 0 Å². The second-order valence-corrected chi connectivity index (χ2v) is 5.72. The van der Waals surface area contributed by atoms with Crippen molar-refractivity contribution in [1.82, 2.24) is 0 Å². The molecule has 2 aromatic rings. The lowest BCUT2D eigenvalue weighted by Gasteiger charge is -2.14. The summed E-state index contributed by atoms with van der Waals surface area (Å²) in [7, 11) is 0. The molecule has 2 nitrogen and oxygen atoms in total. The number of nitrogens with two attached hydrogens (primary N) is 1. The number of ether oxygens (including phenoxy) is 1. The highest BCUT2D eigenvalue weighted by molar-refractivity contribution is 7.80. The van der Waals surface area contributed by atoms with Gasteiger partial charge in [0.05, 0.1) is 12.2 Å². The Morgan fingerprint density at radius 3 is 2.62 bits per heavy atom. The highest BCUT2D eigenvalue weighted by atomic mass is 32.1. The van der Waals surface area contributed by atoms with Crippen LogP contribution < -0.4 is 10.5 Å². The first-order chi connectivity index (χ1) is 9.88. The van der Waals surface area contributed by atoms with Crippen molar-refractivity contribution < 1.29 is 17.9 Å². The maximum atomic E-state index is 13.0. The molecule has 0 aliphatic carbocycles. The minimum Gasteiger partial charge on any atom is -0.493 e. The van der Waals surface area contributed by atoms with Crippen molar-refractivity contribution in [3.8, 4) is 5.75 Å². The van der Waals surface area contributed by atoms with Crippen LogP contribution in [0.25, 0.3) is 0 Å². The molecule has 1 heterocycles. The third-order valence-corrected chi connectivity index (χ3v) is 3.92. The summed E-state index contributed by atoms with van der Waals surface area (Å²) in [6.45, 7) is 0.310. The zero-order valence-corrected chi connectivity index (χ0v) is 12.4. The topological polar surface area (TPSA) is 35.2 Å². The van der Waals surface area contributed by atoms with Crippen LogP contribution in [0.2, 0.25) is 0 Å². The van der Waals surface area contributed by atoms with Gasteiger partial charge in [-0.3, -0.25) is 0 Å². The van der Waals surface area contributed by atoms with Gasteiger partial charge in [-0.15, -0.1) is 11.3 Å². The minimum absolute atomic E-state index is 0.152. The van der Waals surface area contributed by atoms with E-state index >= 15 is 0 Å². The van der Waals surface area contributed by atoms with Gasteiger partial charge in [-0.1, -0.05) is 18.3 Å². The third kappa shape index (κ3) is 4.18. The van der Waals surface area contributed by atoms with Crippen LogP contribution >= 0.6 is 23.6 Å². The molecule has 0 atom stereocenters. The Hall–Kier alpha value is -1.60. The molecule has 0 saturated carbocycles. The average Bonchev–Trinajstić information content (AvgIpc) is 2.90. The van der Waals surface area contributed by atoms with E-state index in [1.165, 1.54) is 12.1 Å². The van der Waals surface area contributed by atoms with Gasteiger partial charge in [-0.2, -0.15) is 13.2 Å². The molecule has 0 amide bonds. The van der Waals surface area contributed by atoms with E-state index in [1.807, 2.05) is 17.5 Å². The van der Waals surface area contributed by atoms with Crippen molar-refractivity contribution in [3.05, 3.63) is 51.7 Å². The summed E-state index contributed by atoms with van der Waals surface area (Å²) in [6.07, 6.45) is -3.87. The van der Waals surface area contributed by atoms with Crippen LogP contribution in [0.1, 0.15) is 16.0 Å². The van der Waals surface area contributed by atoms with E-state index < -0.39 is 11.7 Å². The first-order valence-corrected chi connectivity index (χ1v) is 7.33. The van der Waals surface area contributed by atoms with Gasteiger partial charge in [0.1, 0.15) is 10.7 Å². The Morgan fingerprint density at radius 2 is 2.05 bits per heavy atom. The standard InChI is InChI=1S/C14H12F3NOS2/c15-14(16,17)12-8-9(3-4-11(12)13(18)20)19-6-5-10-2-1-7-21-10/h1-4,7-8H,5-6H2,(H2,18,20). The molecule has 0 unspecified atom stereocenters. The summed E-state index contributed by atoms with van der Waals surface area (Å²) < 4.78 is 44.3. The smallest absolute Gasteiger partial charge is 0.417 e. The second kappa shape index (κ2) is 6.44. The highest BCUT2D eigenvalue weighted by Crippen LogP contribution is 2.34. The highest BCUT2D eigenvalue weighted by Gasteiger charge is 2.34. The van der Waals surface area contributed by atoms with E-state index in [-0.39, 0.29) is 16.3 Å². The molecule has 1 aromatic carbocycles. The van der Waals surface area contributed by atoms with Crippen LogP contribution in [0.4, 0.5) is 13.2 Å². The molecule has 0 aliphatic heterocycles. The summed E-state index contributed by atoms with van der Waals surface area (Å²) in [5.74, 6) is 0.152. The van der Waals surface area contributed by atoms with E-state index in [2.05, 4.69) is 12.2 Å². The average molecular weight is 331 g/mol. The van der Waals surface area contributed by atoms with Gasteiger partial charge in [0.2, 0.25) is 0 Å². The zero-order valence-electron chi connectivity index (χ0n) is 10.8. The predicted molar refractivity (Wildman–Crippen MR) is 80.8 cm³/mol. The lowest BCUT2D eigenvalue weighted by Crippen LogP contribution is -2.18. The van der Waals surface area contributed by atoms with Crippen molar-refractivity contribution in [1.29, 1.82) is 0 Å². The normalized spacial score (nSPS) is 11.4. The van der Waals surface area contributed by atoms with Crippen molar-refractivity contribution >= 4 is 28.5 Å². The van der Waals surface area contributed by atoms with E-state index in [0.717, 1.165) is 10.9 Å². The van der Waals surface area contributed by atoms with Gasteiger partial charge in [0.25, 0.3) is 0 Å². The number of rotatable bonds is 5. The molecule has 0 saturated heterocycles. The molecule has 7 heteroatoms.